The average molecular weight is 219 g/mol. The third kappa shape index (κ3) is 3.09. The number of amides is 1. The number of para-hydroxylation sites is 1. The Labute approximate surface area is 98.1 Å². The summed E-state index contributed by atoms with van der Waals surface area (Å²) in [6.45, 7) is 8.12. The second kappa shape index (κ2) is 5.69. The van der Waals surface area contributed by atoms with Gasteiger partial charge >= 0.3 is 0 Å². The summed E-state index contributed by atoms with van der Waals surface area (Å²) < 4.78 is 0. The van der Waals surface area contributed by atoms with E-state index in [9.17, 15) is 4.79 Å². The van der Waals surface area contributed by atoms with E-state index in [4.69, 9.17) is 0 Å². The van der Waals surface area contributed by atoms with Crippen molar-refractivity contribution in [3.8, 4) is 0 Å². The zero-order valence-corrected chi connectivity index (χ0v) is 10.6. The third-order valence-corrected chi connectivity index (χ3v) is 2.90. The van der Waals surface area contributed by atoms with E-state index in [2.05, 4.69) is 12.2 Å². The Balaban J connectivity index is 2.77. The lowest BCUT2D eigenvalue weighted by molar-refractivity contribution is -0.119. The topological polar surface area (TPSA) is 29.1 Å². The molecule has 0 bridgehead atoms. The second-order valence-electron chi connectivity index (χ2n) is 4.45. The summed E-state index contributed by atoms with van der Waals surface area (Å²) in [6.07, 6.45) is 1.98. The average Bonchev–Trinajstić information content (AvgIpc) is 2.23. The van der Waals surface area contributed by atoms with Crippen LogP contribution >= 0.6 is 0 Å². The molecule has 0 heterocycles. The molecule has 1 amide bonds. The Morgan fingerprint density at radius 3 is 2.38 bits per heavy atom. The lowest BCUT2D eigenvalue weighted by atomic mass is 10.0. The molecule has 2 nitrogen and oxygen atoms in total. The van der Waals surface area contributed by atoms with Crippen LogP contribution in [0.2, 0.25) is 0 Å². The number of carbonyl (C=O) groups is 1. The van der Waals surface area contributed by atoms with Crippen molar-refractivity contribution in [3.63, 3.8) is 0 Å². The van der Waals surface area contributed by atoms with Gasteiger partial charge in [0.25, 0.3) is 0 Å². The van der Waals surface area contributed by atoms with E-state index in [1.807, 2.05) is 39.0 Å². The summed E-state index contributed by atoms with van der Waals surface area (Å²) in [6, 6.07) is 6.05. The first-order chi connectivity index (χ1) is 7.56. The third-order valence-electron chi connectivity index (χ3n) is 2.90. The predicted octanol–water partition coefficient (Wildman–Crippen LogP) is 3.68. The fourth-order valence-electron chi connectivity index (χ4n) is 1.82. The minimum Gasteiger partial charge on any atom is -0.325 e. The number of carbonyl (C=O) groups excluding carboxylic acids is 1. The zero-order valence-electron chi connectivity index (χ0n) is 10.6. The van der Waals surface area contributed by atoms with Crippen LogP contribution in [0.15, 0.2) is 18.2 Å². The molecular weight excluding hydrogens is 198 g/mol. The smallest absolute Gasteiger partial charge is 0.227 e. The van der Waals surface area contributed by atoms with Crippen molar-refractivity contribution in [1.82, 2.24) is 0 Å². The van der Waals surface area contributed by atoms with Crippen molar-refractivity contribution in [2.75, 3.05) is 5.32 Å². The second-order valence-corrected chi connectivity index (χ2v) is 4.45. The van der Waals surface area contributed by atoms with Gasteiger partial charge in [0.1, 0.15) is 0 Å². The van der Waals surface area contributed by atoms with Crippen molar-refractivity contribution in [2.45, 2.75) is 40.5 Å². The van der Waals surface area contributed by atoms with Gasteiger partial charge in [0.15, 0.2) is 0 Å². The largest absolute Gasteiger partial charge is 0.325 e. The monoisotopic (exact) mass is 219 g/mol. The van der Waals surface area contributed by atoms with E-state index in [-0.39, 0.29) is 11.8 Å². The van der Waals surface area contributed by atoms with E-state index >= 15 is 0 Å². The quantitative estimate of drug-likeness (QED) is 0.822. The van der Waals surface area contributed by atoms with Crippen LogP contribution in [-0.4, -0.2) is 5.91 Å². The summed E-state index contributed by atoms with van der Waals surface area (Å²) in [7, 11) is 0. The Morgan fingerprint density at radius 1 is 1.31 bits per heavy atom. The zero-order chi connectivity index (χ0) is 12.1. The number of hydrogen-bond donors (Lipinski definition) is 1. The molecule has 2 heteroatoms. The number of hydrogen-bond acceptors (Lipinski definition) is 1. The fourth-order valence-corrected chi connectivity index (χ4v) is 1.82. The molecule has 0 aliphatic rings. The SMILES string of the molecule is CCC[C@@H](C)C(=O)Nc1c(C)cccc1C. The van der Waals surface area contributed by atoms with Gasteiger partial charge in [-0.05, 0) is 31.4 Å². The van der Waals surface area contributed by atoms with Crippen molar-refractivity contribution >= 4 is 11.6 Å². The van der Waals surface area contributed by atoms with Gasteiger partial charge in [-0.3, -0.25) is 4.79 Å². The molecule has 88 valence electrons. The molecule has 0 unspecified atom stereocenters. The summed E-state index contributed by atoms with van der Waals surface area (Å²) in [5.41, 5.74) is 3.21. The molecule has 0 radical (unpaired) electrons. The van der Waals surface area contributed by atoms with Crippen LogP contribution in [0.4, 0.5) is 5.69 Å². The minimum atomic E-state index is 0.0870. The van der Waals surface area contributed by atoms with Crippen LogP contribution < -0.4 is 5.32 Å². The van der Waals surface area contributed by atoms with Crippen LogP contribution in [0.1, 0.15) is 37.8 Å². The molecule has 0 aliphatic heterocycles. The number of nitrogens with one attached hydrogen (secondary N) is 1. The highest BCUT2D eigenvalue weighted by molar-refractivity contribution is 5.93. The van der Waals surface area contributed by atoms with E-state index in [1.54, 1.807) is 0 Å². The highest BCUT2D eigenvalue weighted by Crippen LogP contribution is 2.20. The molecule has 0 spiro atoms. The first-order valence-electron chi connectivity index (χ1n) is 5.93. The van der Waals surface area contributed by atoms with E-state index < -0.39 is 0 Å². The van der Waals surface area contributed by atoms with Crippen molar-refractivity contribution in [2.24, 2.45) is 5.92 Å². The fraction of sp³-hybridized carbons (Fsp3) is 0.500. The van der Waals surface area contributed by atoms with Gasteiger partial charge in [0.05, 0.1) is 0 Å². The van der Waals surface area contributed by atoms with Crippen molar-refractivity contribution in [1.29, 1.82) is 0 Å². The van der Waals surface area contributed by atoms with Gasteiger partial charge in [-0.25, -0.2) is 0 Å². The van der Waals surface area contributed by atoms with Crippen molar-refractivity contribution < 1.29 is 4.79 Å². The Kier molecular flexibility index (Phi) is 4.53. The van der Waals surface area contributed by atoms with Gasteiger partial charge < -0.3 is 5.32 Å². The maximum Gasteiger partial charge on any atom is 0.227 e. The van der Waals surface area contributed by atoms with Crippen LogP contribution in [0.3, 0.4) is 0 Å². The summed E-state index contributed by atoms with van der Waals surface area (Å²) >= 11 is 0. The Hall–Kier alpha value is -1.31. The van der Waals surface area contributed by atoms with Crippen molar-refractivity contribution in [3.05, 3.63) is 29.3 Å². The molecule has 16 heavy (non-hydrogen) atoms. The Bertz CT molecular complexity index is 351. The predicted molar refractivity (Wildman–Crippen MR) is 68.6 cm³/mol. The maximum absolute atomic E-state index is 11.9. The standard InChI is InChI=1S/C14H21NO/c1-5-7-12(4)14(16)15-13-10(2)8-6-9-11(13)3/h6,8-9,12H,5,7H2,1-4H3,(H,15,16)/t12-/m1/s1. The molecule has 1 aromatic rings. The summed E-state index contributed by atoms with van der Waals surface area (Å²) in [4.78, 5) is 11.9. The molecule has 0 saturated carbocycles. The number of rotatable bonds is 4. The maximum atomic E-state index is 11.9. The highest BCUT2D eigenvalue weighted by atomic mass is 16.1. The van der Waals surface area contributed by atoms with E-state index in [0.717, 1.165) is 29.7 Å². The Morgan fingerprint density at radius 2 is 1.88 bits per heavy atom. The first kappa shape index (κ1) is 12.8. The van der Waals surface area contributed by atoms with Crippen LogP contribution in [0.5, 0.6) is 0 Å². The van der Waals surface area contributed by atoms with Gasteiger partial charge in [-0.2, -0.15) is 0 Å². The normalized spacial score (nSPS) is 12.2. The summed E-state index contributed by atoms with van der Waals surface area (Å²) in [5, 5.41) is 3.02. The molecular formula is C14H21NO. The lowest BCUT2D eigenvalue weighted by Crippen LogP contribution is -2.21. The molecule has 1 rings (SSSR count). The number of aryl methyl sites for hydroxylation is 2. The van der Waals surface area contributed by atoms with Gasteiger partial charge in [-0.1, -0.05) is 38.5 Å². The van der Waals surface area contributed by atoms with Gasteiger partial charge in [-0.15, -0.1) is 0 Å². The minimum absolute atomic E-state index is 0.0870. The van der Waals surface area contributed by atoms with Gasteiger partial charge in [0.2, 0.25) is 5.91 Å². The van der Waals surface area contributed by atoms with Crippen LogP contribution in [-0.2, 0) is 4.79 Å². The first-order valence-corrected chi connectivity index (χ1v) is 5.93. The number of anilines is 1. The van der Waals surface area contributed by atoms with Crippen LogP contribution in [0, 0.1) is 19.8 Å². The molecule has 0 fully saturated rings. The van der Waals surface area contributed by atoms with Gasteiger partial charge in [0, 0.05) is 11.6 Å². The number of benzene rings is 1. The highest BCUT2D eigenvalue weighted by Gasteiger charge is 2.13. The van der Waals surface area contributed by atoms with Crippen LogP contribution in [0.25, 0.3) is 0 Å². The molecule has 0 aliphatic carbocycles. The lowest BCUT2D eigenvalue weighted by Gasteiger charge is -2.14. The van der Waals surface area contributed by atoms with E-state index in [1.165, 1.54) is 0 Å². The molecule has 1 atom stereocenters. The molecule has 1 N–H and O–H groups in total. The molecule has 0 aromatic heterocycles. The summed E-state index contributed by atoms with van der Waals surface area (Å²) in [5.74, 6) is 0.211. The molecule has 1 aromatic carbocycles. The van der Waals surface area contributed by atoms with E-state index in [0.29, 0.717) is 0 Å². The molecule has 0 saturated heterocycles.